The first-order valence-electron chi connectivity index (χ1n) is 12.1. The smallest absolute Gasteiger partial charge is 0.248 e. The molecule has 2 heterocycles. The highest BCUT2D eigenvalue weighted by Gasteiger charge is 2.29. The van der Waals surface area contributed by atoms with Crippen LogP contribution in [-0.4, -0.2) is 43.0 Å². The van der Waals surface area contributed by atoms with Gasteiger partial charge >= 0.3 is 0 Å². The first-order valence-corrected chi connectivity index (χ1v) is 12.1. The van der Waals surface area contributed by atoms with E-state index in [0.29, 0.717) is 18.2 Å². The standard InChI is InChI=1S/C28H31N3O2/c1-18-16-31(25-10-8-20-6-5-19-3-2-4-24(25)27(19)20)14-13-30(18)12-11-26-23-9-7-21(28(29)32)15-22(23)17-33-26/h2-4,7-10,15,18,26H,5-6,11-14,16-17H2,1H3,(H2,29,32)/t18?,26-/m0/s1. The van der Waals surface area contributed by atoms with Crippen LogP contribution in [-0.2, 0) is 24.2 Å². The highest BCUT2D eigenvalue weighted by Crippen LogP contribution is 2.38. The Morgan fingerprint density at radius 1 is 1.06 bits per heavy atom. The van der Waals surface area contributed by atoms with Crippen molar-refractivity contribution in [1.82, 2.24) is 4.90 Å². The molecule has 1 saturated heterocycles. The first kappa shape index (κ1) is 20.7. The third-order valence-corrected chi connectivity index (χ3v) is 7.85. The van der Waals surface area contributed by atoms with Crippen molar-refractivity contribution in [2.24, 2.45) is 5.73 Å². The van der Waals surface area contributed by atoms with Crippen LogP contribution in [0.3, 0.4) is 0 Å². The summed E-state index contributed by atoms with van der Waals surface area (Å²) >= 11 is 0. The van der Waals surface area contributed by atoms with E-state index in [0.717, 1.165) is 38.2 Å². The van der Waals surface area contributed by atoms with E-state index in [2.05, 4.69) is 47.1 Å². The lowest BCUT2D eigenvalue weighted by molar-refractivity contribution is 0.0466. The van der Waals surface area contributed by atoms with Crippen molar-refractivity contribution in [2.45, 2.75) is 44.9 Å². The highest BCUT2D eigenvalue weighted by atomic mass is 16.5. The number of carbonyl (C=O) groups is 1. The second-order valence-corrected chi connectivity index (χ2v) is 9.78. The molecule has 3 aliphatic rings. The van der Waals surface area contributed by atoms with Gasteiger partial charge in [-0.15, -0.1) is 0 Å². The lowest BCUT2D eigenvalue weighted by Gasteiger charge is -2.41. The lowest BCUT2D eigenvalue weighted by atomic mass is 9.99. The van der Waals surface area contributed by atoms with Gasteiger partial charge < -0.3 is 15.4 Å². The number of nitrogens with two attached hydrogens (primary N) is 1. The average molecular weight is 442 g/mol. The van der Waals surface area contributed by atoms with Gasteiger partial charge in [0, 0.05) is 48.9 Å². The number of anilines is 1. The van der Waals surface area contributed by atoms with E-state index in [4.69, 9.17) is 10.5 Å². The molecule has 170 valence electrons. The van der Waals surface area contributed by atoms with E-state index in [1.807, 2.05) is 18.2 Å². The van der Waals surface area contributed by atoms with Gasteiger partial charge in [-0.1, -0.05) is 30.3 Å². The lowest BCUT2D eigenvalue weighted by Crippen LogP contribution is -2.52. The van der Waals surface area contributed by atoms with E-state index in [1.54, 1.807) is 0 Å². The number of rotatable bonds is 5. The summed E-state index contributed by atoms with van der Waals surface area (Å²) < 4.78 is 6.06. The summed E-state index contributed by atoms with van der Waals surface area (Å²) in [6.45, 7) is 7.07. The number of piperazine rings is 1. The fourth-order valence-electron chi connectivity index (χ4n) is 6.05. The number of hydrogen-bond donors (Lipinski definition) is 1. The van der Waals surface area contributed by atoms with Gasteiger partial charge in [-0.05, 0) is 72.0 Å². The van der Waals surface area contributed by atoms with E-state index in [9.17, 15) is 4.79 Å². The van der Waals surface area contributed by atoms with E-state index >= 15 is 0 Å². The third kappa shape index (κ3) is 3.60. The number of aryl methyl sites for hydroxylation is 2. The van der Waals surface area contributed by atoms with E-state index in [-0.39, 0.29) is 12.0 Å². The zero-order chi connectivity index (χ0) is 22.5. The molecule has 33 heavy (non-hydrogen) atoms. The number of primary amides is 1. The summed E-state index contributed by atoms with van der Waals surface area (Å²) in [5, 5.41) is 2.93. The van der Waals surface area contributed by atoms with Crippen molar-refractivity contribution in [2.75, 3.05) is 31.1 Å². The number of ether oxygens (including phenoxy) is 1. The summed E-state index contributed by atoms with van der Waals surface area (Å²) in [5.74, 6) is -0.381. The molecule has 6 rings (SSSR count). The molecule has 1 unspecified atom stereocenters. The van der Waals surface area contributed by atoms with Crippen LogP contribution in [0.4, 0.5) is 5.69 Å². The van der Waals surface area contributed by atoms with Gasteiger partial charge in [0.15, 0.2) is 0 Å². The van der Waals surface area contributed by atoms with Crippen molar-refractivity contribution in [3.63, 3.8) is 0 Å². The largest absolute Gasteiger partial charge is 0.369 e. The van der Waals surface area contributed by atoms with Crippen LogP contribution < -0.4 is 10.6 Å². The van der Waals surface area contributed by atoms with Gasteiger partial charge in [-0.25, -0.2) is 0 Å². The normalized spacial score (nSPS) is 22.2. The average Bonchev–Trinajstić information content (AvgIpc) is 3.43. The Morgan fingerprint density at radius 3 is 2.73 bits per heavy atom. The third-order valence-electron chi connectivity index (χ3n) is 7.85. The van der Waals surface area contributed by atoms with Crippen LogP contribution in [0.2, 0.25) is 0 Å². The predicted molar refractivity (Wildman–Crippen MR) is 132 cm³/mol. The van der Waals surface area contributed by atoms with Gasteiger partial charge in [0.2, 0.25) is 5.91 Å². The Morgan fingerprint density at radius 2 is 1.91 bits per heavy atom. The molecule has 0 spiro atoms. The molecular formula is C28H31N3O2. The van der Waals surface area contributed by atoms with Crippen molar-refractivity contribution >= 4 is 22.4 Å². The van der Waals surface area contributed by atoms with Crippen LogP contribution in [0.1, 0.15) is 52.1 Å². The Kier molecular flexibility index (Phi) is 5.11. The summed E-state index contributed by atoms with van der Waals surface area (Å²) in [6.07, 6.45) is 3.42. The Hall–Kier alpha value is -2.89. The fraction of sp³-hybridized carbons (Fsp3) is 0.393. The van der Waals surface area contributed by atoms with E-state index in [1.165, 1.54) is 46.0 Å². The van der Waals surface area contributed by atoms with Gasteiger partial charge in [0.05, 0.1) is 12.7 Å². The quantitative estimate of drug-likeness (QED) is 0.644. The van der Waals surface area contributed by atoms with Crippen molar-refractivity contribution < 1.29 is 9.53 Å². The second-order valence-electron chi connectivity index (χ2n) is 9.78. The fourth-order valence-corrected chi connectivity index (χ4v) is 6.05. The summed E-state index contributed by atoms with van der Waals surface area (Å²) in [7, 11) is 0. The molecule has 2 atom stereocenters. The monoisotopic (exact) mass is 441 g/mol. The molecule has 5 heteroatoms. The maximum atomic E-state index is 11.5. The van der Waals surface area contributed by atoms with Gasteiger partial charge in [0.1, 0.15) is 0 Å². The number of nitrogens with zero attached hydrogens (tertiary/aromatic N) is 2. The molecule has 0 radical (unpaired) electrons. The number of benzene rings is 3. The molecule has 1 aliphatic carbocycles. The molecular weight excluding hydrogens is 410 g/mol. The zero-order valence-electron chi connectivity index (χ0n) is 19.2. The van der Waals surface area contributed by atoms with Crippen LogP contribution in [0.5, 0.6) is 0 Å². The minimum Gasteiger partial charge on any atom is -0.369 e. The van der Waals surface area contributed by atoms with Crippen LogP contribution >= 0.6 is 0 Å². The van der Waals surface area contributed by atoms with Gasteiger partial charge in [0.25, 0.3) is 0 Å². The van der Waals surface area contributed by atoms with Crippen molar-refractivity contribution in [3.8, 4) is 0 Å². The molecule has 0 saturated carbocycles. The second kappa shape index (κ2) is 8.15. The Bertz CT molecular complexity index is 1230. The van der Waals surface area contributed by atoms with Crippen molar-refractivity contribution in [3.05, 3.63) is 76.3 Å². The first-order chi connectivity index (χ1) is 16.1. The maximum absolute atomic E-state index is 11.5. The number of fused-ring (bicyclic) bond motifs is 1. The molecule has 2 aliphatic heterocycles. The highest BCUT2D eigenvalue weighted by molar-refractivity contribution is 5.99. The van der Waals surface area contributed by atoms with Crippen LogP contribution in [0.25, 0.3) is 10.8 Å². The Balaban J connectivity index is 1.12. The number of amides is 1. The van der Waals surface area contributed by atoms with Gasteiger partial charge in [-0.2, -0.15) is 0 Å². The van der Waals surface area contributed by atoms with E-state index < -0.39 is 0 Å². The van der Waals surface area contributed by atoms with Crippen LogP contribution in [0.15, 0.2) is 48.5 Å². The molecule has 0 bridgehead atoms. The summed E-state index contributed by atoms with van der Waals surface area (Å²) in [6, 6.07) is 17.7. The zero-order valence-corrected chi connectivity index (χ0v) is 19.2. The summed E-state index contributed by atoms with van der Waals surface area (Å²) in [5.41, 5.74) is 12.7. The topological polar surface area (TPSA) is 58.8 Å². The molecule has 5 nitrogen and oxygen atoms in total. The minimum atomic E-state index is -0.381. The van der Waals surface area contributed by atoms with Crippen molar-refractivity contribution in [1.29, 1.82) is 0 Å². The van der Waals surface area contributed by atoms with Crippen LogP contribution in [0, 0.1) is 0 Å². The number of hydrogen-bond acceptors (Lipinski definition) is 4. The molecule has 3 aromatic rings. The molecule has 1 fully saturated rings. The Labute approximate surface area is 195 Å². The van der Waals surface area contributed by atoms with Gasteiger partial charge in [-0.3, -0.25) is 9.69 Å². The summed E-state index contributed by atoms with van der Waals surface area (Å²) in [4.78, 5) is 16.6. The minimum absolute atomic E-state index is 0.101. The predicted octanol–water partition coefficient (Wildman–Crippen LogP) is 4.21. The number of carbonyl (C=O) groups excluding carboxylic acids is 1. The molecule has 3 aromatic carbocycles. The molecule has 1 amide bonds. The molecule has 2 N–H and O–H groups in total. The molecule has 0 aromatic heterocycles. The SMILES string of the molecule is CC1CN(c2ccc3c4c(cccc24)CC3)CCN1CC[C@@H]1OCc2cc(C(N)=O)ccc21. The maximum Gasteiger partial charge on any atom is 0.248 e.